The largest absolute Gasteiger partial charge is 0.316 e. The minimum absolute atomic E-state index is 0.103. The second kappa shape index (κ2) is 3.31. The molecule has 1 spiro atoms. The molecule has 1 N–H and O–H groups in total. The van der Waals surface area contributed by atoms with E-state index in [0.717, 1.165) is 13.1 Å². The van der Waals surface area contributed by atoms with Crippen molar-refractivity contribution in [2.24, 2.45) is 5.41 Å². The first kappa shape index (κ1) is 9.34. The first-order valence-corrected chi connectivity index (χ1v) is 5.76. The topological polar surface area (TPSA) is 12.0 Å². The Labute approximate surface area is 89.7 Å². The number of hydrogen-bond donors (Lipinski definition) is 1. The lowest BCUT2D eigenvalue weighted by Gasteiger charge is -2.43. The first-order valence-electron chi connectivity index (χ1n) is 5.76. The summed E-state index contributed by atoms with van der Waals surface area (Å²) in [6.45, 7) is 2.14. The van der Waals surface area contributed by atoms with E-state index in [4.69, 9.17) is 0 Å². The molecule has 0 radical (unpaired) electrons. The summed E-state index contributed by atoms with van der Waals surface area (Å²) >= 11 is 0. The Morgan fingerprint density at radius 2 is 2.20 bits per heavy atom. The van der Waals surface area contributed by atoms with Crippen molar-refractivity contribution >= 4 is 0 Å². The summed E-state index contributed by atoms with van der Waals surface area (Å²) in [6, 6.07) is 7.13. The summed E-state index contributed by atoms with van der Waals surface area (Å²) in [6.07, 6.45) is 3.95. The highest BCUT2D eigenvalue weighted by atomic mass is 19.1. The van der Waals surface area contributed by atoms with Crippen LogP contribution in [-0.2, 0) is 0 Å². The van der Waals surface area contributed by atoms with Crippen LogP contribution in [0.15, 0.2) is 24.3 Å². The van der Waals surface area contributed by atoms with Gasteiger partial charge in [-0.15, -0.1) is 0 Å². The standard InChI is InChI=1S/C13H16FN/c14-11-4-1-3-10(7-11)12-8-15-9-13(12)5-2-6-13/h1,3-4,7,12,15H,2,5-6,8-9H2/t12-/m0/s1. The van der Waals surface area contributed by atoms with Gasteiger partial charge in [-0.3, -0.25) is 0 Å². The second-order valence-corrected chi connectivity index (χ2v) is 4.95. The number of rotatable bonds is 1. The van der Waals surface area contributed by atoms with Gasteiger partial charge in [-0.2, -0.15) is 0 Å². The fraction of sp³-hybridized carbons (Fsp3) is 0.538. The van der Waals surface area contributed by atoms with Gasteiger partial charge in [0.25, 0.3) is 0 Å². The minimum atomic E-state index is -0.103. The molecule has 15 heavy (non-hydrogen) atoms. The van der Waals surface area contributed by atoms with Crippen molar-refractivity contribution < 1.29 is 4.39 Å². The maximum Gasteiger partial charge on any atom is 0.123 e. The summed E-state index contributed by atoms with van der Waals surface area (Å²) in [5, 5.41) is 3.46. The lowest BCUT2D eigenvalue weighted by Crippen LogP contribution is -2.36. The van der Waals surface area contributed by atoms with Gasteiger partial charge in [0.1, 0.15) is 5.82 Å². The quantitative estimate of drug-likeness (QED) is 0.743. The zero-order valence-electron chi connectivity index (χ0n) is 8.80. The Balaban J connectivity index is 1.93. The van der Waals surface area contributed by atoms with Crippen LogP contribution in [0.1, 0.15) is 30.7 Å². The molecule has 1 nitrogen and oxygen atoms in total. The molecule has 1 saturated heterocycles. The molecule has 1 saturated carbocycles. The normalized spacial score (nSPS) is 27.9. The van der Waals surface area contributed by atoms with Crippen molar-refractivity contribution in [2.75, 3.05) is 13.1 Å². The van der Waals surface area contributed by atoms with Gasteiger partial charge in [0, 0.05) is 19.0 Å². The Morgan fingerprint density at radius 3 is 2.87 bits per heavy atom. The molecular formula is C13H16FN. The van der Waals surface area contributed by atoms with Crippen molar-refractivity contribution in [3.8, 4) is 0 Å². The van der Waals surface area contributed by atoms with Gasteiger partial charge in [0.05, 0.1) is 0 Å². The van der Waals surface area contributed by atoms with Crippen molar-refractivity contribution in [1.29, 1.82) is 0 Å². The Kier molecular flexibility index (Phi) is 2.06. The van der Waals surface area contributed by atoms with E-state index in [0.29, 0.717) is 11.3 Å². The van der Waals surface area contributed by atoms with Gasteiger partial charge < -0.3 is 5.32 Å². The molecule has 1 aliphatic heterocycles. The Bertz CT molecular complexity index is 371. The predicted octanol–water partition coefficient (Wildman–Crippen LogP) is 2.68. The van der Waals surface area contributed by atoms with E-state index in [1.165, 1.54) is 30.9 Å². The van der Waals surface area contributed by atoms with Gasteiger partial charge in [-0.25, -0.2) is 4.39 Å². The summed E-state index contributed by atoms with van der Waals surface area (Å²) in [5.41, 5.74) is 1.63. The highest BCUT2D eigenvalue weighted by Crippen LogP contribution is 2.53. The van der Waals surface area contributed by atoms with Crippen LogP contribution in [0.5, 0.6) is 0 Å². The molecule has 80 valence electrons. The Morgan fingerprint density at radius 1 is 1.33 bits per heavy atom. The average molecular weight is 205 g/mol. The van der Waals surface area contributed by atoms with Crippen LogP contribution in [-0.4, -0.2) is 13.1 Å². The molecule has 1 aliphatic carbocycles. The van der Waals surface area contributed by atoms with E-state index in [2.05, 4.69) is 11.4 Å². The lowest BCUT2D eigenvalue weighted by atomic mass is 9.61. The van der Waals surface area contributed by atoms with Crippen LogP contribution >= 0.6 is 0 Å². The summed E-state index contributed by atoms with van der Waals surface area (Å²) in [4.78, 5) is 0. The molecule has 0 unspecified atom stereocenters. The molecule has 1 heterocycles. The summed E-state index contributed by atoms with van der Waals surface area (Å²) in [7, 11) is 0. The van der Waals surface area contributed by atoms with Gasteiger partial charge in [-0.05, 0) is 36.0 Å². The van der Waals surface area contributed by atoms with Crippen LogP contribution in [0.4, 0.5) is 4.39 Å². The zero-order valence-corrected chi connectivity index (χ0v) is 8.80. The molecular weight excluding hydrogens is 189 g/mol. The number of hydrogen-bond acceptors (Lipinski definition) is 1. The van der Waals surface area contributed by atoms with Gasteiger partial charge >= 0.3 is 0 Å². The number of halogens is 1. The van der Waals surface area contributed by atoms with Crippen LogP contribution in [0.2, 0.25) is 0 Å². The fourth-order valence-corrected chi connectivity index (χ4v) is 3.16. The SMILES string of the molecule is Fc1cccc([C@@H]2CNCC23CCC3)c1. The summed E-state index contributed by atoms with van der Waals surface area (Å²) in [5.74, 6) is 0.427. The van der Waals surface area contributed by atoms with E-state index >= 15 is 0 Å². The third-order valence-electron chi connectivity index (χ3n) is 4.17. The minimum Gasteiger partial charge on any atom is -0.316 e. The second-order valence-electron chi connectivity index (χ2n) is 4.95. The smallest absolute Gasteiger partial charge is 0.123 e. The maximum absolute atomic E-state index is 13.2. The molecule has 3 rings (SSSR count). The van der Waals surface area contributed by atoms with E-state index in [1.807, 2.05) is 6.07 Å². The first-order chi connectivity index (χ1) is 7.30. The van der Waals surface area contributed by atoms with Gasteiger partial charge in [-0.1, -0.05) is 18.6 Å². The van der Waals surface area contributed by atoms with E-state index in [1.54, 1.807) is 6.07 Å². The molecule has 1 aromatic carbocycles. The molecule has 1 atom stereocenters. The highest BCUT2D eigenvalue weighted by molar-refractivity contribution is 5.26. The molecule has 1 aromatic rings. The highest BCUT2D eigenvalue weighted by Gasteiger charge is 2.47. The van der Waals surface area contributed by atoms with Crippen LogP contribution in [0.3, 0.4) is 0 Å². The van der Waals surface area contributed by atoms with Gasteiger partial charge in [0.15, 0.2) is 0 Å². The molecule has 0 amide bonds. The summed E-state index contributed by atoms with van der Waals surface area (Å²) < 4.78 is 13.2. The Hall–Kier alpha value is -0.890. The molecule has 0 aromatic heterocycles. The molecule has 0 bridgehead atoms. The number of benzene rings is 1. The fourth-order valence-electron chi connectivity index (χ4n) is 3.16. The van der Waals surface area contributed by atoms with Crippen molar-refractivity contribution in [1.82, 2.24) is 5.32 Å². The maximum atomic E-state index is 13.2. The van der Waals surface area contributed by atoms with Gasteiger partial charge in [0.2, 0.25) is 0 Å². The van der Waals surface area contributed by atoms with Crippen molar-refractivity contribution in [3.63, 3.8) is 0 Å². The van der Waals surface area contributed by atoms with E-state index in [9.17, 15) is 4.39 Å². The third kappa shape index (κ3) is 1.39. The van der Waals surface area contributed by atoms with E-state index < -0.39 is 0 Å². The van der Waals surface area contributed by atoms with Crippen LogP contribution in [0.25, 0.3) is 0 Å². The predicted molar refractivity (Wildman–Crippen MR) is 58.3 cm³/mol. The molecule has 2 aliphatic rings. The van der Waals surface area contributed by atoms with E-state index in [-0.39, 0.29) is 5.82 Å². The lowest BCUT2D eigenvalue weighted by molar-refractivity contribution is 0.137. The van der Waals surface area contributed by atoms with Crippen molar-refractivity contribution in [2.45, 2.75) is 25.2 Å². The van der Waals surface area contributed by atoms with Crippen LogP contribution in [0, 0.1) is 11.2 Å². The zero-order chi connectivity index (χ0) is 10.3. The third-order valence-corrected chi connectivity index (χ3v) is 4.17. The van der Waals surface area contributed by atoms with Crippen molar-refractivity contribution in [3.05, 3.63) is 35.6 Å². The average Bonchev–Trinajstić information content (AvgIpc) is 2.61. The number of nitrogens with one attached hydrogen (secondary N) is 1. The molecule has 2 heteroatoms. The monoisotopic (exact) mass is 205 g/mol. The molecule has 2 fully saturated rings. The van der Waals surface area contributed by atoms with Crippen LogP contribution < -0.4 is 5.32 Å².